The standard InChI is InChI=1S/C25H34N2O3/c1-19(24-10-5-20(2)29-24)11-16-26-17-12-23(13-18-26)30-22-8-6-21(7-9-22)25(28)27-14-3-4-15-27/h5-10,19,23H,3-4,11-18H2,1-2H3/t19-/m0/s1. The molecule has 3 heterocycles. The predicted octanol–water partition coefficient (Wildman–Crippen LogP) is 4.86. The van der Waals surface area contributed by atoms with Gasteiger partial charge in [-0.1, -0.05) is 6.92 Å². The number of carbonyl (C=O) groups excluding carboxylic acids is 1. The van der Waals surface area contributed by atoms with Crippen LogP contribution in [0.5, 0.6) is 5.75 Å². The molecular formula is C25H34N2O3. The van der Waals surface area contributed by atoms with Gasteiger partial charge in [-0.05, 0) is 82.0 Å². The maximum atomic E-state index is 12.5. The molecule has 5 heteroatoms. The molecular weight excluding hydrogens is 376 g/mol. The molecule has 1 atom stereocenters. The maximum absolute atomic E-state index is 12.5. The third-order valence-corrected chi connectivity index (χ3v) is 6.46. The molecule has 2 fully saturated rings. The fourth-order valence-corrected chi connectivity index (χ4v) is 4.46. The quantitative estimate of drug-likeness (QED) is 0.654. The third kappa shape index (κ3) is 5.25. The SMILES string of the molecule is Cc1ccc([C@@H](C)CCN2CCC(Oc3ccc(C(=O)N4CCCC4)cc3)CC2)o1. The first kappa shape index (κ1) is 21.0. The van der Waals surface area contributed by atoms with E-state index in [0.29, 0.717) is 5.92 Å². The first-order chi connectivity index (χ1) is 14.6. The van der Waals surface area contributed by atoms with Gasteiger partial charge < -0.3 is 19.0 Å². The molecule has 2 aromatic rings. The summed E-state index contributed by atoms with van der Waals surface area (Å²) in [6, 6.07) is 11.9. The van der Waals surface area contributed by atoms with Crippen molar-refractivity contribution >= 4 is 5.91 Å². The number of hydrogen-bond donors (Lipinski definition) is 0. The van der Waals surface area contributed by atoms with Gasteiger partial charge in [-0.2, -0.15) is 0 Å². The van der Waals surface area contributed by atoms with Crippen molar-refractivity contribution in [3.63, 3.8) is 0 Å². The van der Waals surface area contributed by atoms with Gasteiger partial charge in [0.2, 0.25) is 0 Å². The largest absolute Gasteiger partial charge is 0.490 e. The van der Waals surface area contributed by atoms with Gasteiger partial charge in [0, 0.05) is 37.7 Å². The van der Waals surface area contributed by atoms with E-state index in [1.807, 2.05) is 42.2 Å². The molecule has 2 saturated heterocycles. The Labute approximate surface area is 180 Å². The number of likely N-dealkylation sites (tertiary alicyclic amines) is 2. The van der Waals surface area contributed by atoms with Crippen molar-refractivity contribution in [1.82, 2.24) is 9.80 Å². The summed E-state index contributed by atoms with van der Waals surface area (Å²) in [7, 11) is 0. The third-order valence-electron chi connectivity index (χ3n) is 6.46. The highest BCUT2D eigenvalue weighted by Gasteiger charge is 2.22. The summed E-state index contributed by atoms with van der Waals surface area (Å²) in [4.78, 5) is 16.9. The van der Waals surface area contributed by atoms with Crippen molar-refractivity contribution < 1.29 is 13.9 Å². The first-order valence-corrected chi connectivity index (χ1v) is 11.4. The van der Waals surface area contributed by atoms with Gasteiger partial charge in [-0.25, -0.2) is 0 Å². The number of hydrogen-bond acceptors (Lipinski definition) is 4. The van der Waals surface area contributed by atoms with Crippen LogP contribution in [0.4, 0.5) is 0 Å². The number of rotatable bonds is 7. The second-order valence-corrected chi connectivity index (χ2v) is 8.82. The summed E-state index contributed by atoms with van der Waals surface area (Å²) in [6.07, 6.45) is 5.70. The molecule has 5 nitrogen and oxygen atoms in total. The zero-order valence-corrected chi connectivity index (χ0v) is 18.3. The second-order valence-electron chi connectivity index (χ2n) is 8.82. The molecule has 0 bridgehead atoms. The molecule has 162 valence electrons. The molecule has 0 saturated carbocycles. The monoisotopic (exact) mass is 410 g/mol. The smallest absolute Gasteiger partial charge is 0.253 e. The Hall–Kier alpha value is -2.27. The average Bonchev–Trinajstić information content (AvgIpc) is 3.45. The van der Waals surface area contributed by atoms with Gasteiger partial charge in [-0.3, -0.25) is 4.79 Å². The number of ether oxygens (including phenoxy) is 1. The summed E-state index contributed by atoms with van der Waals surface area (Å²) < 4.78 is 12.0. The lowest BCUT2D eigenvalue weighted by Gasteiger charge is -2.32. The fraction of sp³-hybridized carbons (Fsp3) is 0.560. The molecule has 1 aromatic heterocycles. The fourth-order valence-electron chi connectivity index (χ4n) is 4.46. The lowest BCUT2D eigenvalue weighted by molar-refractivity contribution is 0.0792. The molecule has 2 aliphatic heterocycles. The number of benzene rings is 1. The van der Waals surface area contributed by atoms with Crippen LogP contribution in [0, 0.1) is 6.92 Å². The Balaban J connectivity index is 1.19. The van der Waals surface area contributed by atoms with E-state index in [1.165, 1.54) is 0 Å². The van der Waals surface area contributed by atoms with Crippen molar-refractivity contribution in [1.29, 1.82) is 0 Å². The summed E-state index contributed by atoms with van der Waals surface area (Å²) >= 11 is 0. The minimum Gasteiger partial charge on any atom is -0.490 e. The highest BCUT2D eigenvalue weighted by molar-refractivity contribution is 5.94. The normalized spacial score (nSPS) is 19.2. The highest BCUT2D eigenvalue weighted by Crippen LogP contribution is 2.24. The van der Waals surface area contributed by atoms with E-state index >= 15 is 0 Å². The van der Waals surface area contributed by atoms with Crippen molar-refractivity contribution in [3.05, 3.63) is 53.5 Å². The lowest BCUT2D eigenvalue weighted by atomic mass is 10.0. The van der Waals surface area contributed by atoms with E-state index in [1.54, 1.807) is 0 Å². The van der Waals surface area contributed by atoms with Crippen LogP contribution in [-0.2, 0) is 0 Å². The van der Waals surface area contributed by atoms with Gasteiger partial charge in [-0.15, -0.1) is 0 Å². The van der Waals surface area contributed by atoms with Crippen molar-refractivity contribution in [2.75, 3.05) is 32.7 Å². The molecule has 0 unspecified atom stereocenters. The summed E-state index contributed by atoms with van der Waals surface area (Å²) in [6.45, 7) is 9.25. The van der Waals surface area contributed by atoms with Crippen LogP contribution in [0.2, 0.25) is 0 Å². The molecule has 0 aliphatic carbocycles. The maximum Gasteiger partial charge on any atom is 0.253 e. The Bertz CT molecular complexity index is 815. The van der Waals surface area contributed by atoms with Gasteiger partial charge in [0.25, 0.3) is 5.91 Å². The number of nitrogens with zero attached hydrogens (tertiary/aromatic N) is 2. The molecule has 0 radical (unpaired) electrons. The molecule has 1 amide bonds. The zero-order chi connectivity index (χ0) is 20.9. The van der Waals surface area contributed by atoms with Crippen molar-refractivity contribution in [2.24, 2.45) is 0 Å². The number of carbonyl (C=O) groups is 1. The van der Waals surface area contributed by atoms with Crippen LogP contribution in [0.1, 0.15) is 66.8 Å². The van der Waals surface area contributed by atoms with Crippen molar-refractivity contribution in [3.8, 4) is 5.75 Å². The number of piperidine rings is 1. The first-order valence-electron chi connectivity index (χ1n) is 11.4. The Kier molecular flexibility index (Phi) is 6.78. The van der Waals surface area contributed by atoms with Crippen LogP contribution < -0.4 is 4.74 Å². The Morgan fingerprint density at radius 1 is 1.07 bits per heavy atom. The average molecular weight is 411 g/mol. The second kappa shape index (κ2) is 9.69. The van der Waals surface area contributed by atoms with E-state index in [9.17, 15) is 4.79 Å². The lowest BCUT2D eigenvalue weighted by Crippen LogP contribution is -2.39. The number of aryl methyl sites for hydroxylation is 1. The molecule has 0 N–H and O–H groups in total. The molecule has 30 heavy (non-hydrogen) atoms. The molecule has 1 aromatic carbocycles. The summed E-state index contributed by atoms with van der Waals surface area (Å²) in [5.74, 6) is 3.55. The van der Waals surface area contributed by atoms with Crippen LogP contribution in [0.15, 0.2) is 40.8 Å². The van der Waals surface area contributed by atoms with Gasteiger partial charge in [0.1, 0.15) is 23.4 Å². The van der Waals surface area contributed by atoms with Crippen molar-refractivity contribution in [2.45, 2.75) is 58.0 Å². The topological polar surface area (TPSA) is 45.9 Å². The van der Waals surface area contributed by atoms with E-state index < -0.39 is 0 Å². The van der Waals surface area contributed by atoms with Gasteiger partial charge >= 0.3 is 0 Å². The minimum absolute atomic E-state index is 0.145. The molecule has 4 rings (SSSR count). The molecule has 0 spiro atoms. The van der Waals surface area contributed by atoms with Gasteiger partial charge in [0.15, 0.2) is 0 Å². The number of furan rings is 1. The van der Waals surface area contributed by atoms with E-state index in [0.717, 1.165) is 87.7 Å². The molecule has 2 aliphatic rings. The van der Waals surface area contributed by atoms with Crippen LogP contribution in [-0.4, -0.2) is 54.5 Å². The van der Waals surface area contributed by atoms with Crippen LogP contribution in [0.3, 0.4) is 0 Å². The van der Waals surface area contributed by atoms with Gasteiger partial charge in [0.05, 0.1) is 0 Å². The van der Waals surface area contributed by atoms with E-state index in [-0.39, 0.29) is 12.0 Å². The van der Waals surface area contributed by atoms with E-state index in [2.05, 4.69) is 17.9 Å². The summed E-state index contributed by atoms with van der Waals surface area (Å²) in [5.41, 5.74) is 0.764. The van der Waals surface area contributed by atoms with E-state index in [4.69, 9.17) is 9.15 Å². The van der Waals surface area contributed by atoms with Crippen LogP contribution in [0.25, 0.3) is 0 Å². The van der Waals surface area contributed by atoms with Crippen LogP contribution >= 0.6 is 0 Å². The highest BCUT2D eigenvalue weighted by atomic mass is 16.5. The minimum atomic E-state index is 0.145. The Morgan fingerprint density at radius 3 is 2.40 bits per heavy atom. The zero-order valence-electron chi connectivity index (χ0n) is 18.3. The summed E-state index contributed by atoms with van der Waals surface area (Å²) in [5, 5.41) is 0. The Morgan fingerprint density at radius 2 is 1.77 bits per heavy atom. The number of amides is 1. The predicted molar refractivity (Wildman–Crippen MR) is 118 cm³/mol.